The Bertz CT molecular complexity index is 376. The molecule has 14 heavy (non-hydrogen) atoms. The van der Waals surface area contributed by atoms with Gasteiger partial charge in [0.2, 0.25) is 5.91 Å². The molecule has 1 aromatic rings. The average molecular weight is 187 g/mol. The molecule has 2 nitrogen and oxygen atoms in total. The lowest BCUT2D eigenvalue weighted by Crippen LogP contribution is -2.34. The molecule has 0 fully saturated rings. The van der Waals surface area contributed by atoms with E-state index in [1.54, 1.807) is 6.92 Å². The van der Waals surface area contributed by atoms with Crippen molar-refractivity contribution < 1.29 is 4.79 Å². The Kier molecular flexibility index (Phi) is 2.32. The molecule has 1 heterocycles. The van der Waals surface area contributed by atoms with Crippen molar-refractivity contribution in [2.75, 3.05) is 11.4 Å². The second-order valence-electron chi connectivity index (χ2n) is 3.91. The van der Waals surface area contributed by atoms with Crippen LogP contribution in [-0.2, 0) is 11.2 Å². The standard InChI is InChI=1S/C11H14BNO/c1-8(14)13-6-2-3-9-7-10(12)4-5-11(9)13/h4-5,7H,2-3,6,12H2,1H3. The highest BCUT2D eigenvalue weighted by Crippen LogP contribution is 2.25. The van der Waals surface area contributed by atoms with E-state index in [2.05, 4.69) is 26.0 Å². The summed E-state index contributed by atoms with van der Waals surface area (Å²) >= 11 is 0. The van der Waals surface area contributed by atoms with Crippen molar-refractivity contribution in [3.05, 3.63) is 23.8 Å². The van der Waals surface area contributed by atoms with Crippen LogP contribution in [0.3, 0.4) is 0 Å². The van der Waals surface area contributed by atoms with Gasteiger partial charge in [-0.25, -0.2) is 0 Å². The Morgan fingerprint density at radius 2 is 2.29 bits per heavy atom. The van der Waals surface area contributed by atoms with E-state index in [1.165, 1.54) is 11.0 Å². The third kappa shape index (κ3) is 1.54. The predicted octanol–water partition coefficient (Wildman–Crippen LogP) is 0.244. The Balaban J connectivity index is 2.44. The Hall–Kier alpha value is -1.25. The van der Waals surface area contributed by atoms with Crippen LogP contribution in [0.15, 0.2) is 18.2 Å². The van der Waals surface area contributed by atoms with Gasteiger partial charge in [-0.05, 0) is 24.5 Å². The number of amides is 1. The monoisotopic (exact) mass is 187 g/mol. The van der Waals surface area contributed by atoms with Gasteiger partial charge in [0, 0.05) is 19.2 Å². The van der Waals surface area contributed by atoms with Crippen LogP contribution in [0, 0.1) is 0 Å². The molecular weight excluding hydrogens is 173 g/mol. The summed E-state index contributed by atoms with van der Waals surface area (Å²) < 4.78 is 0. The zero-order chi connectivity index (χ0) is 10.1. The van der Waals surface area contributed by atoms with Gasteiger partial charge in [0.1, 0.15) is 7.85 Å². The van der Waals surface area contributed by atoms with Gasteiger partial charge in [0.05, 0.1) is 0 Å². The van der Waals surface area contributed by atoms with Crippen LogP contribution < -0.4 is 10.4 Å². The predicted molar refractivity (Wildman–Crippen MR) is 61.0 cm³/mol. The largest absolute Gasteiger partial charge is 0.312 e. The summed E-state index contributed by atoms with van der Waals surface area (Å²) in [5, 5.41) is 0. The summed E-state index contributed by atoms with van der Waals surface area (Å²) in [7, 11) is 2.09. The van der Waals surface area contributed by atoms with Crippen LogP contribution >= 0.6 is 0 Å². The van der Waals surface area contributed by atoms with Crippen LogP contribution in [0.2, 0.25) is 0 Å². The molecule has 72 valence electrons. The van der Waals surface area contributed by atoms with E-state index < -0.39 is 0 Å². The molecule has 1 aliphatic heterocycles. The fourth-order valence-electron chi connectivity index (χ4n) is 2.05. The van der Waals surface area contributed by atoms with E-state index in [4.69, 9.17) is 0 Å². The molecule has 0 N–H and O–H groups in total. The van der Waals surface area contributed by atoms with Gasteiger partial charge < -0.3 is 4.90 Å². The first-order valence-corrected chi connectivity index (χ1v) is 5.06. The lowest BCUT2D eigenvalue weighted by atomic mass is 9.90. The Morgan fingerprint density at radius 3 is 3.00 bits per heavy atom. The first-order chi connectivity index (χ1) is 6.68. The number of nitrogens with zero attached hydrogens (tertiary/aromatic N) is 1. The molecule has 1 aromatic carbocycles. The van der Waals surface area contributed by atoms with E-state index in [-0.39, 0.29) is 5.91 Å². The topological polar surface area (TPSA) is 20.3 Å². The number of fused-ring (bicyclic) bond motifs is 1. The zero-order valence-electron chi connectivity index (χ0n) is 8.71. The number of aryl methyl sites for hydroxylation is 1. The minimum absolute atomic E-state index is 0.148. The highest BCUT2D eigenvalue weighted by molar-refractivity contribution is 6.32. The molecule has 1 aliphatic rings. The highest BCUT2D eigenvalue weighted by Gasteiger charge is 2.19. The van der Waals surface area contributed by atoms with Crippen molar-refractivity contribution in [3.8, 4) is 0 Å². The average Bonchev–Trinajstić information content (AvgIpc) is 2.16. The lowest BCUT2D eigenvalue weighted by Gasteiger charge is -2.28. The van der Waals surface area contributed by atoms with E-state index in [9.17, 15) is 4.79 Å². The van der Waals surface area contributed by atoms with Crippen LogP contribution in [0.5, 0.6) is 0 Å². The molecule has 0 radical (unpaired) electrons. The number of hydrogen-bond acceptors (Lipinski definition) is 1. The minimum atomic E-state index is 0.148. The summed E-state index contributed by atoms with van der Waals surface area (Å²) in [6.45, 7) is 2.50. The number of carbonyl (C=O) groups excluding carboxylic acids is 1. The van der Waals surface area contributed by atoms with E-state index in [1.807, 2.05) is 4.90 Å². The normalized spacial score (nSPS) is 15.1. The molecule has 0 atom stereocenters. The number of hydrogen-bond donors (Lipinski definition) is 0. The highest BCUT2D eigenvalue weighted by atomic mass is 16.2. The smallest absolute Gasteiger partial charge is 0.223 e. The van der Waals surface area contributed by atoms with Crippen molar-refractivity contribution in [1.82, 2.24) is 0 Å². The minimum Gasteiger partial charge on any atom is -0.312 e. The quantitative estimate of drug-likeness (QED) is 0.533. The summed E-state index contributed by atoms with van der Waals surface area (Å²) in [6.07, 6.45) is 2.18. The van der Waals surface area contributed by atoms with Crippen molar-refractivity contribution in [1.29, 1.82) is 0 Å². The first kappa shape index (κ1) is 9.32. The SMILES string of the molecule is Bc1ccc2c(c1)CCCN2C(C)=O. The van der Waals surface area contributed by atoms with Gasteiger partial charge in [-0.2, -0.15) is 0 Å². The molecule has 0 bridgehead atoms. The van der Waals surface area contributed by atoms with Crippen LogP contribution in [0.1, 0.15) is 18.9 Å². The first-order valence-electron chi connectivity index (χ1n) is 5.06. The summed E-state index contributed by atoms with van der Waals surface area (Å²) in [5.74, 6) is 0.148. The van der Waals surface area contributed by atoms with Crippen LogP contribution in [0.4, 0.5) is 5.69 Å². The molecule has 3 heteroatoms. The summed E-state index contributed by atoms with van der Waals surface area (Å²) in [4.78, 5) is 13.2. The lowest BCUT2D eigenvalue weighted by molar-refractivity contribution is -0.116. The fourth-order valence-corrected chi connectivity index (χ4v) is 2.05. The second kappa shape index (κ2) is 3.48. The summed E-state index contributed by atoms with van der Waals surface area (Å²) in [6, 6.07) is 6.32. The Morgan fingerprint density at radius 1 is 1.50 bits per heavy atom. The van der Waals surface area contributed by atoms with Crippen molar-refractivity contribution in [3.63, 3.8) is 0 Å². The molecule has 0 spiro atoms. The third-order valence-corrected chi connectivity index (χ3v) is 2.73. The Labute approximate surface area is 85.3 Å². The van der Waals surface area contributed by atoms with Gasteiger partial charge in [0.25, 0.3) is 0 Å². The third-order valence-electron chi connectivity index (χ3n) is 2.73. The molecule has 1 amide bonds. The van der Waals surface area contributed by atoms with Crippen LogP contribution in [0.25, 0.3) is 0 Å². The maximum atomic E-state index is 11.4. The van der Waals surface area contributed by atoms with Crippen molar-refractivity contribution >= 4 is 24.9 Å². The molecule has 0 unspecified atom stereocenters. The molecule has 2 rings (SSSR count). The molecule has 0 saturated carbocycles. The fraction of sp³-hybridized carbons (Fsp3) is 0.364. The van der Waals surface area contributed by atoms with Gasteiger partial charge >= 0.3 is 0 Å². The molecule has 0 aliphatic carbocycles. The van der Waals surface area contributed by atoms with Crippen LogP contribution in [-0.4, -0.2) is 20.3 Å². The van der Waals surface area contributed by atoms with E-state index >= 15 is 0 Å². The van der Waals surface area contributed by atoms with E-state index in [0.717, 1.165) is 25.1 Å². The molecular formula is C11H14BNO. The summed E-state index contributed by atoms with van der Waals surface area (Å²) in [5.41, 5.74) is 3.69. The van der Waals surface area contributed by atoms with Gasteiger partial charge in [0.15, 0.2) is 0 Å². The van der Waals surface area contributed by atoms with Crippen molar-refractivity contribution in [2.45, 2.75) is 19.8 Å². The van der Waals surface area contributed by atoms with Gasteiger partial charge in [-0.3, -0.25) is 4.79 Å². The van der Waals surface area contributed by atoms with Crippen molar-refractivity contribution in [2.24, 2.45) is 0 Å². The molecule has 0 aromatic heterocycles. The van der Waals surface area contributed by atoms with Gasteiger partial charge in [-0.1, -0.05) is 17.6 Å². The number of carbonyl (C=O) groups is 1. The zero-order valence-corrected chi connectivity index (χ0v) is 8.71. The maximum absolute atomic E-state index is 11.4. The number of rotatable bonds is 0. The van der Waals surface area contributed by atoms with Gasteiger partial charge in [-0.15, -0.1) is 0 Å². The number of anilines is 1. The maximum Gasteiger partial charge on any atom is 0.223 e. The van der Waals surface area contributed by atoms with E-state index in [0.29, 0.717) is 0 Å². The second-order valence-corrected chi connectivity index (χ2v) is 3.91. The molecule has 0 saturated heterocycles. The number of benzene rings is 1.